The third-order valence-corrected chi connectivity index (χ3v) is 4.84. The topological polar surface area (TPSA) is 81.7 Å². The van der Waals surface area contributed by atoms with Gasteiger partial charge in [0, 0.05) is 63.9 Å². The first kappa shape index (κ1) is 19.6. The SMILES string of the molecule is Cc1cc(NC(=O)N2CCN(c3nccnc3C)CC2)ccc1C(=O)N(C)C. The third kappa shape index (κ3) is 4.21. The Labute approximate surface area is 165 Å². The molecule has 1 N–H and O–H groups in total. The molecular weight excluding hydrogens is 356 g/mol. The molecule has 1 aromatic carbocycles. The van der Waals surface area contributed by atoms with Gasteiger partial charge in [-0.1, -0.05) is 0 Å². The molecule has 2 heterocycles. The van der Waals surface area contributed by atoms with E-state index in [2.05, 4.69) is 20.2 Å². The zero-order valence-electron chi connectivity index (χ0n) is 16.8. The molecule has 0 radical (unpaired) electrons. The molecule has 2 aromatic rings. The van der Waals surface area contributed by atoms with Gasteiger partial charge in [-0.25, -0.2) is 9.78 Å². The van der Waals surface area contributed by atoms with Crippen molar-refractivity contribution in [1.82, 2.24) is 19.8 Å². The lowest BCUT2D eigenvalue weighted by Gasteiger charge is -2.35. The maximum atomic E-state index is 12.6. The average Bonchev–Trinajstić information content (AvgIpc) is 2.68. The molecule has 0 aliphatic carbocycles. The van der Waals surface area contributed by atoms with Crippen LogP contribution in [0.3, 0.4) is 0 Å². The van der Waals surface area contributed by atoms with Gasteiger partial charge in [-0.3, -0.25) is 9.78 Å². The third-order valence-electron chi connectivity index (χ3n) is 4.84. The van der Waals surface area contributed by atoms with Crippen LogP contribution < -0.4 is 10.2 Å². The molecule has 0 bridgehead atoms. The lowest BCUT2D eigenvalue weighted by atomic mass is 10.1. The number of aryl methyl sites for hydroxylation is 2. The summed E-state index contributed by atoms with van der Waals surface area (Å²) in [7, 11) is 3.44. The Hall–Kier alpha value is -3.16. The molecule has 148 valence electrons. The van der Waals surface area contributed by atoms with E-state index < -0.39 is 0 Å². The number of carbonyl (C=O) groups excluding carboxylic acids is 2. The molecule has 3 amide bonds. The molecule has 0 spiro atoms. The van der Waals surface area contributed by atoms with Crippen LogP contribution in [-0.4, -0.2) is 72.0 Å². The summed E-state index contributed by atoms with van der Waals surface area (Å²) in [6, 6.07) is 5.21. The molecule has 1 aliphatic rings. The minimum absolute atomic E-state index is 0.0502. The van der Waals surface area contributed by atoms with Crippen LogP contribution in [0.5, 0.6) is 0 Å². The molecule has 8 heteroatoms. The monoisotopic (exact) mass is 382 g/mol. The van der Waals surface area contributed by atoms with Crippen molar-refractivity contribution in [3.63, 3.8) is 0 Å². The standard InChI is InChI=1S/C20H26N6O2/c1-14-13-16(5-6-17(14)19(27)24(3)4)23-20(28)26-11-9-25(10-12-26)18-15(2)21-7-8-22-18/h5-8,13H,9-12H2,1-4H3,(H,23,28). The molecule has 8 nitrogen and oxygen atoms in total. The number of benzene rings is 1. The lowest BCUT2D eigenvalue weighted by Crippen LogP contribution is -2.50. The fraction of sp³-hybridized carbons (Fsp3) is 0.400. The van der Waals surface area contributed by atoms with E-state index in [1.165, 1.54) is 0 Å². The summed E-state index contributed by atoms with van der Waals surface area (Å²) in [5, 5.41) is 2.93. The van der Waals surface area contributed by atoms with Crippen molar-refractivity contribution in [3.8, 4) is 0 Å². The van der Waals surface area contributed by atoms with Crippen molar-refractivity contribution in [3.05, 3.63) is 47.4 Å². The smallest absolute Gasteiger partial charge is 0.321 e. The number of aromatic nitrogens is 2. The molecule has 1 aromatic heterocycles. The maximum absolute atomic E-state index is 12.6. The van der Waals surface area contributed by atoms with E-state index in [9.17, 15) is 9.59 Å². The summed E-state index contributed by atoms with van der Waals surface area (Å²) < 4.78 is 0. The summed E-state index contributed by atoms with van der Waals surface area (Å²) in [5.74, 6) is 0.824. The number of anilines is 2. The fourth-order valence-corrected chi connectivity index (χ4v) is 3.26. The highest BCUT2D eigenvalue weighted by Gasteiger charge is 2.23. The van der Waals surface area contributed by atoms with E-state index >= 15 is 0 Å². The largest absolute Gasteiger partial charge is 0.352 e. The van der Waals surface area contributed by atoms with Crippen molar-refractivity contribution in [2.24, 2.45) is 0 Å². The molecule has 0 saturated carbocycles. The highest BCUT2D eigenvalue weighted by Crippen LogP contribution is 2.19. The second kappa shape index (κ2) is 8.24. The van der Waals surface area contributed by atoms with E-state index in [4.69, 9.17) is 0 Å². The molecule has 1 fully saturated rings. The van der Waals surface area contributed by atoms with Crippen LogP contribution in [0.2, 0.25) is 0 Å². The van der Waals surface area contributed by atoms with Crippen LogP contribution in [0.25, 0.3) is 0 Å². The lowest BCUT2D eigenvalue weighted by molar-refractivity contribution is 0.0827. The van der Waals surface area contributed by atoms with Crippen molar-refractivity contribution in [2.45, 2.75) is 13.8 Å². The normalized spacial score (nSPS) is 14.0. The number of nitrogens with one attached hydrogen (secondary N) is 1. The van der Waals surface area contributed by atoms with E-state index in [0.29, 0.717) is 37.4 Å². The van der Waals surface area contributed by atoms with Crippen molar-refractivity contribution >= 4 is 23.4 Å². The predicted molar refractivity (Wildman–Crippen MR) is 109 cm³/mol. The van der Waals surface area contributed by atoms with Crippen LogP contribution in [0, 0.1) is 13.8 Å². The number of hydrogen-bond donors (Lipinski definition) is 1. The van der Waals surface area contributed by atoms with Gasteiger partial charge in [-0.05, 0) is 37.6 Å². The van der Waals surface area contributed by atoms with Crippen molar-refractivity contribution < 1.29 is 9.59 Å². The number of carbonyl (C=O) groups is 2. The zero-order chi connectivity index (χ0) is 20.3. The van der Waals surface area contributed by atoms with Gasteiger partial charge < -0.3 is 20.0 Å². The summed E-state index contributed by atoms with van der Waals surface area (Å²) in [6.07, 6.45) is 3.37. The number of nitrogens with zero attached hydrogens (tertiary/aromatic N) is 5. The highest BCUT2D eigenvalue weighted by atomic mass is 16.2. The van der Waals surface area contributed by atoms with E-state index in [1.807, 2.05) is 19.9 Å². The molecular formula is C20H26N6O2. The van der Waals surface area contributed by atoms with Crippen LogP contribution >= 0.6 is 0 Å². The predicted octanol–water partition coefficient (Wildman–Crippen LogP) is 2.15. The highest BCUT2D eigenvalue weighted by molar-refractivity contribution is 5.96. The number of urea groups is 1. The van der Waals surface area contributed by atoms with Gasteiger partial charge >= 0.3 is 6.03 Å². The van der Waals surface area contributed by atoms with Gasteiger partial charge in [0.1, 0.15) is 5.82 Å². The van der Waals surface area contributed by atoms with Gasteiger partial charge in [-0.15, -0.1) is 0 Å². The van der Waals surface area contributed by atoms with E-state index in [0.717, 1.165) is 17.1 Å². The van der Waals surface area contributed by atoms with Crippen molar-refractivity contribution in [1.29, 1.82) is 0 Å². The summed E-state index contributed by atoms with van der Waals surface area (Å²) >= 11 is 0. The van der Waals surface area contributed by atoms with E-state index in [1.54, 1.807) is 48.4 Å². The summed E-state index contributed by atoms with van der Waals surface area (Å²) in [5.41, 5.74) is 3.05. The quantitative estimate of drug-likeness (QED) is 0.880. The van der Waals surface area contributed by atoms with Gasteiger partial charge in [0.15, 0.2) is 0 Å². The molecule has 1 aliphatic heterocycles. The van der Waals surface area contributed by atoms with E-state index in [-0.39, 0.29) is 11.9 Å². The molecule has 1 saturated heterocycles. The molecule has 0 unspecified atom stereocenters. The second-order valence-electron chi connectivity index (χ2n) is 7.10. The van der Waals surface area contributed by atoms with Gasteiger partial charge in [0.2, 0.25) is 0 Å². The average molecular weight is 382 g/mol. The van der Waals surface area contributed by atoms with Crippen LogP contribution in [0.4, 0.5) is 16.3 Å². The first-order chi connectivity index (χ1) is 13.4. The minimum Gasteiger partial charge on any atom is -0.352 e. The molecule has 3 rings (SSSR count). The number of amides is 3. The van der Waals surface area contributed by atoms with Gasteiger partial charge in [0.05, 0.1) is 5.69 Å². The number of hydrogen-bond acceptors (Lipinski definition) is 5. The number of rotatable bonds is 3. The Morgan fingerprint density at radius 2 is 1.71 bits per heavy atom. The fourth-order valence-electron chi connectivity index (χ4n) is 3.26. The first-order valence-electron chi connectivity index (χ1n) is 9.27. The van der Waals surface area contributed by atoms with Crippen LogP contribution in [0.1, 0.15) is 21.6 Å². The second-order valence-corrected chi connectivity index (χ2v) is 7.10. The Morgan fingerprint density at radius 1 is 1.04 bits per heavy atom. The first-order valence-corrected chi connectivity index (χ1v) is 9.27. The van der Waals surface area contributed by atoms with Crippen LogP contribution in [-0.2, 0) is 0 Å². The Kier molecular flexibility index (Phi) is 5.77. The Balaban J connectivity index is 1.60. The Bertz CT molecular complexity index is 875. The van der Waals surface area contributed by atoms with Gasteiger partial charge in [-0.2, -0.15) is 0 Å². The molecule has 28 heavy (non-hydrogen) atoms. The summed E-state index contributed by atoms with van der Waals surface area (Å²) in [6.45, 7) is 6.45. The molecule has 0 atom stereocenters. The van der Waals surface area contributed by atoms with Gasteiger partial charge in [0.25, 0.3) is 5.91 Å². The van der Waals surface area contributed by atoms with Crippen molar-refractivity contribution in [2.75, 3.05) is 50.5 Å². The minimum atomic E-state index is -0.137. The zero-order valence-corrected chi connectivity index (χ0v) is 16.8. The summed E-state index contributed by atoms with van der Waals surface area (Å²) in [4.78, 5) is 38.9. The number of piperazine rings is 1. The maximum Gasteiger partial charge on any atom is 0.321 e. The Morgan fingerprint density at radius 3 is 2.32 bits per heavy atom. The van der Waals surface area contributed by atoms with Crippen LogP contribution in [0.15, 0.2) is 30.6 Å².